The molecule has 11 heteroatoms. The van der Waals surface area contributed by atoms with Crippen LogP contribution in [0.3, 0.4) is 0 Å². The Morgan fingerprint density at radius 2 is 2.06 bits per heavy atom. The number of benzene rings is 1. The van der Waals surface area contributed by atoms with Crippen molar-refractivity contribution in [3.8, 4) is 16.9 Å². The molecule has 1 N–H and O–H groups in total. The lowest BCUT2D eigenvalue weighted by Crippen LogP contribution is -2.52. The summed E-state index contributed by atoms with van der Waals surface area (Å²) in [6.45, 7) is 0.00404. The van der Waals surface area contributed by atoms with Crippen molar-refractivity contribution in [2.75, 3.05) is 40.8 Å². The SMILES string of the molecule is COCOc1cc(C(F)(F)F)ccc1-c1cncn(C2COCCC2(O)COC)c1=O. The van der Waals surface area contributed by atoms with Gasteiger partial charge in [0.1, 0.15) is 11.4 Å². The number of methoxy groups -OCH3 is 2. The van der Waals surface area contributed by atoms with Crippen molar-refractivity contribution >= 4 is 0 Å². The molecule has 1 aliphatic heterocycles. The van der Waals surface area contributed by atoms with E-state index in [1.54, 1.807) is 0 Å². The van der Waals surface area contributed by atoms with E-state index in [0.717, 1.165) is 18.2 Å². The Balaban J connectivity index is 2.09. The zero-order chi connectivity index (χ0) is 22.6. The van der Waals surface area contributed by atoms with E-state index in [9.17, 15) is 23.1 Å². The van der Waals surface area contributed by atoms with Gasteiger partial charge in [-0.3, -0.25) is 9.36 Å². The molecule has 1 saturated heterocycles. The van der Waals surface area contributed by atoms with Crippen LogP contribution in [0.2, 0.25) is 0 Å². The van der Waals surface area contributed by atoms with Crippen molar-refractivity contribution in [1.29, 1.82) is 0 Å². The standard InChI is InChI=1S/C20H23F3N2O6/c1-28-10-19(27)5-6-30-9-17(19)25-11-24-8-15(18(25)26)14-4-3-13(20(21,22)23)7-16(14)31-12-29-2/h3-4,7-8,11,17,27H,5-6,9-10,12H2,1-2H3. The summed E-state index contributed by atoms with van der Waals surface area (Å²) in [5.41, 5.74) is -2.74. The summed E-state index contributed by atoms with van der Waals surface area (Å²) in [5.74, 6) is -0.180. The van der Waals surface area contributed by atoms with Crippen molar-refractivity contribution in [2.24, 2.45) is 0 Å². The van der Waals surface area contributed by atoms with Crippen molar-refractivity contribution in [3.05, 3.63) is 46.6 Å². The van der Waals surface area contributed by atoms with E-state index in [1.807, 2.05) is 0 Å². The van der Waals surface area contributed by atoms with Crippen LogP contribution in [0.4, 0.5) is 13.2 Å². The first-order valence-electron chi connectivity index (χ1n) is 9.40. The number of aliphatic hydroxyl groups is 1. The highest BCUT2D eigenvalue weighted by Gasteiger charge is 2.42. The molecule has 0 amide bonds. The topological polar surface area (TPSA) is 92.0 Å². The Kier molecular flexibility index (Phi) is 6.99. The lowest BCUT2D eigenvalue weighted by Gasteiger charge is -2.39. The van der Waals surface area contributed by atoms with Gasteiger partial charge in [0.05, 0.1) is 36.7 Å². The molecule has 31 heavy (non-hydrogen) atoms. The number of alkyl halides is 3. The number of aromatic nitrogens is 2. The number of hydrogen-bond acceptors (Lipinski definition) is 7. The summed E-state index contributed by atoms with van der Waals surface area (Å²) in [6, 6.07) is 2.02. The van der Waals surface area contributed by atoms with E-state index in [-0.39, 0.29) is 43.3 Å². The molecule has 0 bridgehead atoms. The molecule has 3 rings (SSSR count). The molecule has 1 aromatic carbocycles. The Hall–Kier alpha value is -2.47. The first kappa shape index (κ1) is 23.2. The second-order valence-electron chi connectivity index (χ2n) is 7.16. The maximum absolute atomic E-state index is 13.3. The minimum absolute atomic E-state index is 0.00710. The van der Waals surface area contributed by atoms with Crippen LogP contribution >= 0.6 is 0 Å². The molecule has 2 aromatic rings. The highest BCUT2D eigenvalue weighted by atomic mass is 19.4. The van der Waals surface area contributed by atoms with Gasteiger partial charge in [-0.1, -0.05) is 0 Å². The van der Waals surface area contributed by atoms with E-state index in [0.29, 0.717) is 6.61 Å². The Bertz CT molecular complexity index is 961. The van der Waals surface area contributed by atoms with Crippen LogP contribution in [0.25, 0.3) is 11.1 Å². The van der Waals surface area contributed by atoms with Gasteiger partial charge in [-0.25, -0.2) is 4.98 Å². The summed E-state index contributed by atoms with van der Waals surface area (Å²) in [7, 11) is 2.76. The maximum Gasteiger partial charge on any atom is 0.416 e. The minimum atomic E-state index is -4.59. The maximum atomic E-state index is 13.3. The molecule has 2 heterocycles. The molecule has 1 fully saturated rings. The quantitative estimate of drug-likeness (QED) is 0.655. The summed E-state index contributed by atoms with van der Waals surface area (Å²) < 4.78 is 61.3. The predicted molar refractivity (Wildman–Crippen MR) is 103 cm³/mol. The fraction of sp³-hybridized carbons (Fsp3) is 0.500. The Labute approximate surface area is 176 Å². The second kappa shape index (κ2) is 9.35. The zero-order valence-corrected chi connectivity index (χ0v) is 17.0. The third-order valence-corrected chi connectivity index (χ3v) is 5.10. The highest BCUT2D eigenvalue weighted by Crippen LogP contribution is 2.37. The van der Waals surface area contributed by atoms with E-state index < -0.39 is 28.9 Å². The summed E-state index contributed by atoms with van der Waals surface area (Å²) in [5, 5.41) is 11.0. The number of ether oxygens (including phenoxy) is 4. The predicted octanol–water partition coefficient (Wildman–Crippen LogP) is 2.25. The van der Waals surface area contributed by atoms with Crippen LogP contribution in [0, 0.1) is 0 Å². The van der Waals surface area contributed by atoms with Crippen molar-refractivity contribution in [2.45, 2.75) is 24.2 Å². The van der Waals surface area contributed by atoms with Crippen molar-refractivity contribution < 1.29 is 37.2 Å². The molecular weight excluding hydrogens is 421 g/mol. The molecular formula is C20H23F3N2O6. The van der Waals surface area contributed by atoms with Gasteiger partial charge in [0.2, 0.25) is 0 Å². The number of nitrogens with zero attached hydrogens (tertiary/aromatic N) is 2. The Morgan fingerprint density at radius 3 is 2.74 bits per heavy atom. The van der Waals surface area contributed by atoms with E-state index in [1.165, 1.54) is 31.3 Å². The first-order chi connectivity index (χ1) is 14.7. The molecule has 1 aromatic heterocycles. The van der Waals surface area contributed by atoms with Crippen molar-refractivity contribution in [1.82, 2.24) is 9.55 Å². The monoisotopic (exact) mass is 444 g/mol. The molecule has 8 nitrogen and oxygen atoms in total. The smallest absolute Gasteiger partial charge is 0.416 e. The largest absolute Gasteiger partial charge is 0.467 e. The molecule has 2 atom stereocenters. The molecule has 170 valence electrons. The fourth-order valence-corrected chi connectivity index (χ4v) is 3.52. The van der Waals surface area contributed by atoms with Crippen LogP contribution in [0.5, 0.6) is 5.75 Å². The molecule has 2 unspecified atom stereocenters. The normalized spacial score (nSPS) is 21.8. The average Bonchev–Trinajstić information content (AvgIpc) is 2.72. The molecule has 0 saturated carbocycles. The first-order valence-corrected chi connectivity index (χ1v) is 9.40. The molecule has 1 aliphatic rings. The van der Waals surface area contributed by atoms with E-state index in [2.05, 4.69) is 4.98 Å². The van der Waals surface area contributed by atoms with E-state index >= 15 is 0 Å². The van der Waals surface area contributed by atoms with Crippen LogP contribution in [0.1, 0.15) is 18.0 Å². The van der Waals surface area contributed by atoms with Gasteiger partial charge in [0.25, 0.3) is 5.56 Å². The van der Waals surface area contributed by atoms with Gasteiger partial charge in [0, 0.05) is 39.0 Å². The fourth-order valence-electron chi connectivity index (χ4n) is 3.52. The van der Waals surface area contributed by atoms with Gasteiger partial charge >= 0.3 is 6.18 Å². The third kappa shape index (κ3) is 4.90. The average molecular weight is 444 g/mol. The van der Waals surface area contributed by atoms with Gasteiger partial charge in [-0.05, 0) is 18.2 Å². The van der Waals surface area contributed by atoms with E-state index in [4.69, 9.17) is 18.9 Å². The highest BCUT2D eigenvalue weighted by molar-refractivity contribution is 5.69. The van der Waals surface area contributed by atoms with Gasteiger partial charge in [0.15, 0.2) is 6.79 Å². The summed E-state index contributed by atoms with van der Waals surface area (Å²) >= 11 is 0. The number of halogens is 3. The lowest BCUT2D eigenvalue weighted by atomic mass is 9.89. The number of rotatable bonds is 7. The van der Waals surface area contributed by atoms with Gasteiger partial charge in [-0.2, -0.15) is 13.2 Å². The van der Waals surface area contributed by atoms with Crippen molar-refractivity contribution in [3.63, 3.8) is 0 Å². The summed E-state index contributed by atoms with van der Waals surface area (Å²) in [4.78, 5) is 17.3. The van der Waals surface area contributed by atoms with Crippen LogP contribution in [-0.2, 0) is 20.4 Å². The lowest BCUT2D eigenvalue weighted by molar-refractivity contribution is -0.137. The number of hydrogen-bond donors (Lipinski definition) is 1. The summed E-state index contributed by atoms with van der Waals surface area (Å²) in [6.07, 6.45) is -1.86. The molecule has 0 radical (unpaired) electrons. The van der Waals surface area contributed by atoms with Crippen LogP contribution < -0.4 is 10.3 Å². The van der Waals surface area contributed by atoms with Crippen LogP contribution in [0.15, 0.2) is 35.5 Å². The molecule has 0 aliphatic carbocycles. The molecule has 0 spiro atoms. The zero-order valence-electron chi connectivity index (χ0n) is 17.0. The Morgan fingerprint density at radius 1 is 1.29 bits per heavy atom. The van der Waals surface area contributed by atoms with Crippen LogP contribution in [-0.4, -0.2) is 61.1 Å². The van der Waals surface area contributed by atoms with Gasteiger partial charge < -0.3 is 24.1 Å². The third-order valence-electron chi connectivity index (χ3n) is 5.10. The second-order valence-corrected chi connectivity index (χ2v) is 7.16. The minimum Gasteiger partial charge on any atom is -0.467 e. The van der Waals surface area contributed by atoms with Gasteiger partial charge in [-0.15, -0.1) is 0 Å².